The summed E-state index contributed by atoms with van der Waals surface area (Å²) in [5.41, 5.74) is 0.394. The summed E-state index contributed by atoms with van der Waals surface area (Å²) >= 11 is 0. The molecule has 2 aromatic rings. The van der Waals surface area contributed by atoms with Crippen LogP contribution in [0.3, 0.4) is 0 Å². The zero-order valence-electron chi connectivity index (χ0n) is 18.3. The molecule has 31 heavy (non-hydrogen) atoms. The van der Waals surface area contributed by atoms with E-state index in [1.165, 1.54) is 12.1 Å². The molecule has 1 heterocycles. The van der Waals surface area contributed by atoms with Crippen LogP contribution in [0.5, 0.6) is 0 Å². The lowest BCUT2D eigenvalue weighted by Crippen LogP contribution is -2.25. The van der Waals surface area contributed by atoms with Crippen molar-refractivity contribution in [3.63, 3.8) is 0 Å². The Balaban J connectivity index is 2.10. The highest BCUT2D eigenvalue weighted by Crippen LogP contribution is 2.20. The Morgan fingerprint density at radius 3 is 2.32 bits per heavy atom. The average molecular weight is 428 g/mol. The van der Waals surface area contributed by atoms with Gasteiger partial charge < -0.3 is 18.6 Å². The van der Waals surface area contributed by atoms with Crippen molar-refractivity contribution in [2.45, 2.75) is 52.7 Å². The molecule has 0 aliphatic rings. The van der Waals surface area contributed by atoms with Gasteiger partial charge in [0.05, 0.1) is 6.61 Å². The standard InChI is InChI=1S/C24H28O7/c1-5-28-21(25)14-11-18(22(26)31-24(2,3)4)15-19-12-13-20(30-19)23(27)29-16-17-9-7-6-8-10-17/h6-10,12-13,15H,5,11,14,16H2,1-4H3/b18-15-. The second-order valence-electron chi connectivity index (χ2n) is 7.74. The van der Waals surface area contributed by atoms with Crippen LogP contribution in [0.25, 0.3) is 6.08 Å². The van der Waals surface area contributed by atoms with E-state index in [4.69, 9.17) is 18.6 Å². The van der Waals surface area contributed by atoms with E-state index < -0.39 is 23.5 Å². The van der Waals surface area contributed by atoms with Crippen LogP contribution in [0.2, 0.25) is 0 Å². The van der Waals surface area contributed by atoms with Crippen molar-refractivity contribution in [1.29, 1.82) is 0 Å². The van der Waals surface area contributed by atoms with Crippen molar-refractivity contribution in [2.75, 3.05) is 6.61 Å². The van der Waals surface area contributed by atoms with E-state index in [0.29, 0.717) is 0 Å². The third-order valence-corrected chi connectivity index (χ3v) is 3.92. The quantitative estimate of drug-likeness (QED) is 0.325. The van der Waals surface area contributed by atoms with Gasteiger partial charge in [-0.3, -0.25) is 4.79 Å². The van der Waals surface area contributed by atoms with Crippen LogP contribution in [-0.4, -0.2) is 30.1 Å². The summed E-state index contributed by atoms with van der Waals surface area (Å²) in [7, 11) is 0. The summed E-state index contributed by atoms with van der Waals surface area (Å²) in [5.74, 6) is -1.32. The van der Waals surface area contributed by atoms with E-state index in [9.17, 15) is 14.4 Å². The van der Waals surface area contributed by atoms with Crippen molar-refractivity contribution in [3.8, 4) is 0 Å². The molecule has 0 aliphatic heterocycles. The van der Waals surface area contributed by atoms with Crippen molar-refractivity contribution >= 4 is 24.0 Å². The largest absolute Gasteiger partial charge is 0.466 e. The van der Waals surface area contributed by atoms with Gasteiger partial charge in [-0.15, -0.1) is 0 Å². The molecular formula is C24H28O7. The SMILES string of the molecule is CCOC(=O)CC/C(=C/c1ccc(C(=O)OCc2ccccc2)o1)C(=O)OC(C)(C)C. The maximum absolute atomic E-state index is 12.6. The lowest BCUT2D eigenvalue weighted by molar-refractivity contribution is -0.150. The Hall–Kier alpha value is -3.35. The molecule has 0 spiro atoms. The second kappa shape index (κ2) is 11.2. The van der Waals surface area contributed by atoms with Crippen molar-refractivity contribution in [2.24, 2.45) is 0 Å². The first kappa shape index (κ1) is 23.9. The smallest absolute Gasteiger partial charge is 0.374 e. The Morgan fingerprint density at radius 1 is 0.968 bits per heavy atom. The molecule has 0 fully saturated rings. The molecule has 166 valence electrons. The monoisotopic (exact) mass is 428 g/mol. The van der Waals surface area contributed by atoms with E-state index in [-0.39, 0.29) is 43.1 Å². The fraction of sp³-hybridized carbons (Fsp3) is 0.375. The van der Waals surface area contributed by atoms with Crippen LogP contribution < -0.4 is 0 Å². The first-order valence-corrected chi connectivity index (χ1v) is 10.1. The third kappa shape index (κ3) is 8.50. The normalized spacial score (nSPS) is 11.7. The molecule has 0 aliphatic carbocycles. The fourth-order valence-electron chi connectivity index (χ4n) is 2.55. The molecule has 0 radical (unpaired) electrons. The molecule has 0 atom stereocenters. The van der Waals surface area contributed by atoms with Crippen LogP contribution in [0.1, 0.15) is 62.4 Å². The zero-order chi connectivity index (χ0) is 22.9. The van der Waals surface area contributed by atoms with Crippen LogP contribution in [0.4, 0.5) is 0 Å². The van der Waals surface area contributed by atoms with E-state index >= 15 is 0 Å². The minimum atomic E-state index is -0.699. The fourth-order valence-corrected chi connectivity index (χ4v) is 2.55. The lowest BCUT2D eigenvalue weighted by Gasteiger charge is -2.20. The molecule has 0 bridgehead atoms. The maximum Gasteiger partial charge on any atom is 0.374 e. The van der Waals surface area contributed by atoms with Crippen molar-refractivity contribution in [1.82, 2.24) is 0 Å². The summed E-state index contributed by atoms with van der Waals surface area (Å²) in [4.78, 5) is 36.5. The number of hydrogen-bond acceptors (Lipinski definition) is 7. The van der Waals surface area contributed by atoms with Gasteiger partial charge in [-0.1, -0.05) is 30.3 Å². The molecule has 0 saturated heterocycles. The molecule has 0 N–H and O–H groups in total. The van der Waals surface area contributed by atoms with Gasteiger partial charge >= 0.3 is 17.9 Å². The van der Waals surface area contributed by atoms with Gasteiger partial charge in [0.15, 0.2) is 0 Å². The van der Waals surface area contributed by atoms with Gasteiger partial charge in [0.2, 0.25) is 5.76 Å². The predicted octanol–water partition coefficient (Wildman–Crippen LogP) is 4.71. The minimum Gasteiger partial charge on any atom is -0.466 e. The van der Waals surface area contributed by atoms with Crippen LogP contribution in [-0.2, 0) is 30.4 Å². The molecule has 2 rings (SSSR count). The summed E-state index contributed by atoms with van der Waals surface area (Å²) in [5, 5.41) is 0. The number of benzene rings is 1. The van der Waals surface area contributed by atoms with E-state index in [1.807, 2.05) is 30.3 Å². The first-order chi connectivity index (χ1) is 14.7. The third-order valence-electron chi connectivity index (χ3n) is 3.92. The molecule has 0 amide bonds. The Bertz CT molecular complexity index is 917. The van der Waals surface area contributed by atoms with Gasteiger partial charge in [0.1, 0.15) is 18.0 Å². The summed E-state index contributed by atoms with van der Waals surface area (Å²) < 4.78 is 21.1. The molecular weight excluding hydrogens is 400 g/mol. The molecule has 1 aromatic heterocycles. The Labute approximate surface area is 182 Å². The van der Waals surface area contributed by atoms with E-state index in [0.717, 1.165) is 5.56 Å². The van der Waals surface area contributed by atoms with E-state index in [1.54, 1.807) is 33.8 Å². The number of carbonyl (C=O) groups excluding carboxylic acids is 3. The minimum absolute atomic E-state index is 0.0103. The lowest BCUT2D eigenvalue weighted by atomic mass is 10.1. The number of ether oxygens (including phenoxy) is 3. The van der Waals surface area contributed by atoms with Crippen molar-refractivity contribution < 1.29 is 33.0 Å². The summed E-state index contributed by atoms with van der Waals surface area (Å²) in [6, 6.07) is 12.3. The number of esters is 3. The molecule has 1 aromatic carbocycles. The van der Waals surface area contributed by atoms with Gasteiger partial charge in [-0.05, 0) is 57.9 Å². The van der Waals surface area contributed by atoms with Gasteiger partial charge in [0.25, 0.3) is 0 Å². The summed E-state index contributed by atoms with van der Waals surface area (Å²) in [6.07, 6.45) is 1.59. The van der Waals surface area contributed by atoms with Gasteiger partial charge in [-0.25, -0.2) is 9.59 Å². The van der Waals surface area contributed by atoms with Gasteiger partial charge in [0, 0.05) is 12.0 Å². The maximum atomic E-state index is 12.6. The molecule has 7 heteroatoms. The number of hydrogen-bond donors (Lipinski definition) is 0. The highest BCUT2D eigenvalue weighted by atomic mass is 16.6. The van der Waals surface area contributed by atoms with E-state index in [2.05, 4.69) is 0 Å². The second-order valence-corrected chi connectivity index (χ2v) is 7.74. The summed E-state index contributed by atoms with van der Waals surface area (Å²) in [6.45, 7) is 7.35. The molecule has 7 nitrogen and oxygen atoms in total. The Kier molecular flexibility index (Phi) is 8.61. The van der Waals surface area contributed by atoms with Crippen molar-refractivity contribution in [3.05, 3.63) is 65.1 Å². The molecule has 0 saturated carbocycles. The number of furan rings is 1. The highest BCUT2D eigenvalue weighted by molar-refractivity contribution is 5.94. The Morgan fingerprint density at radius 2 is 1.68 bits per heavy atom. The topological polar surface area (TPSA) is 92.0 Å². The highest BCUT2D eigenvalue weighted by Gasteiger charge is 2.22. The number of carbonyl (C=O) groups is 3. The van der Waals surface area contributed by atoms with Crippen LogP contribution >= 0.6 is 0 Å². The zero-order valence-corrected chi connectivity index (χ0v) is 18.3. The first-order valence-electron chi connectivity index (χ1n) is 10.1. The van der Waals surface area contributed by atoms with Gasteiger partial charge in [-0.2, -0.15) is 0 Å². The predicted molar refractivity (Wildman–Crippen MR) is 114 cm³/mol. The van der Waals surface area contributed by atoms with Crippen LogP contribution in [0.15, 0.2) is 52.5 Å². The van der Waals surface area contributed by atoms with Crippen LogP contribution in [0, 0.1) is 0 Å². The average Bonchev–Trinajstić information content (AvgIpc) is 3.17. The molecule has 0 unspecified atom stereocenters. The number of rotatable bonds is 9.